The average molecular weight is 542 g/mol. The summed E-state index contributed by atoms with van der Waals surface area (Å²) < 4.78 is 34.3. The van der Waals surface area contributed by atoms with E-state index >= 15 is 0 Å². The summed E-state index contributed by atoms with van der Waals surface area (Å²) in [5.74, 6) is 0.605. The van der Waals surface area contributed by atoms with Crippen LogP contribution in [0.15, 0.2) is 97.1 Å². The number of hydrogen-bond acceptors (Lipinski definition) is 4. The lowest BCUT2D eigenvalue weighted by atomic mass is 9.99. The predicted octanol–water partition coefficient (Wildman–Crippen LogP) is 6.62. The van der Waals surface area contributed by atoms with Gasteiger partial charge in [0, 0.05) is 6.54 Å². The van der Waals surface area contributed by atoms with Crippen LogP contribution in [-0.2, 0) is 27.7 Å². The van der Waals surface area contributed by atoms with Gasteiger partial charge in [0.1, 0.15) is 11.5 Å². The second-order valence-corrected chi connectivity index (χ2v) is 12.0. The number of benzene rings is 4. The first kappa shape index (κ1) is 26.5. The molecule has 0 spiro atoms. The lowest BCUT2D eigenvalue weighted by molar-refractivity contribution is -0.136. The van der Waals surface area contributed by atoms with Crippen molar-refractivity contribution < 1.29 is 23.1 Å². The van der Waals surface area contributed by atoms with E-state index in [1.807, 2.05) is 97.9 Å². The normalized spacial score (nSPS) is 13.2. The number of ether oxygens (including phenoxy) is 1. The van der Waals surface area contributed by atoms with Crippen molar-refractivity contribution in [3.8, 4) is 22.6 Å². The quantitative estimate of drug-likeness (QED) is 0.231. The molecule has 6 nitrogen and oxygen atoms in total. The highest BCUT2D eigenvalue weighted by atomic mass is 32.2. The summed E-state index contributed by atoms with van der Waals surface area (Å²) in [6, 6.07) is 30.5. The standard InChI is InChI=1S/C32H31NO5S/c1-23-21-27(13-18-31(23)25-11-14-29(15-12-25)38-28-9-3-2-4-10-28)33(39(36,37)30-16-17-30)20-19-24-7-5-6-8-26(24)22-32(34)35/h2-15,18,21,30H,16-17,19-20,22H2,1H3,(H,34,35). The third-order valence-corrected chi connectivity index (χ3v) is 9.26. The Morgan fingerprint density at radius 1 is 0.872 bits per heavy atom. The van der Waals surface area contributed by atoms with Crippen molar-refractivity contribution in [2.24, 2.45) is 0 Å². The zero-order valence-corrected chi connectivity index (χ0v) is 22.6. The predicted molar refractivity (Wildman–Crippen MR) is 154 cm³/mol. The molecule has 1 aliphatic carbocycles. The van der Waals surface area contributed by atoms with Crippen LogP contribution in [0.3, 0.4) is 0 Å². The maximum absolute atomic E-state index is 13.4. The van der Waals surface area contributed by atoms with E-state index in [0.29, 0.717) is 30.5 Å². The Balaban J connectivity index is 1.38. The highest BCUT2D eigenvalue weighted by molar-refractivity contribution is 7.93. The molecular formula is C32H31NO5S. The zero-order valence-electron chi connectivity index (χ0n) is 21.8. The van der Waals surface area contributed by atoms with E-state index in [0.717, 1.165) is 33.8 Å². The van der Waals surface area contributed by atoms with Gasteiger partial charge in [-0.1, -0.05) is 60.7 Å². The van der Waals surface area contributed by atoms with Gasteiger partial charge in [0.2, 0.25) is 10.0 Å². The van der Waals surface area contributed by atoms with Gasteiger partial charge in [-0.05, 0) is 90.4 Å². The Bertz CT molecular complexity index is 1560. The number of anilines is 1. The Kier molecular flexibility index (Phi) is 7.70. The fourth-order valence-electron chi connectivity index (χ4n) is 4.76. The Morgan fingerprint density at radius 3 is 2.15 bits per heavy atom. The fraction of sp³-hybridized carbons (Fsp3) is 0.219. The van der Waals surface area contributed by atoms with Crippen LogP contribution >= 0.6 is 0 Å². The molecule has 0 bridgehead atoms. The number of aryl methyl sites for hydroxylation is 1. The van der Waals surface area contributed by atoms with Gasteiger partial charge < -0.3 is 9.84 Å². The van der Waals surface area contributed by atoms with Crippen LogP contribution in [0.4, 0.5) is 5.69 Å². The summed E-state index contributed by atoms with van der Waals surface area (Å²) in [4.78, 5) is 11.3. The van der Waals surface area contributed by atoms with E-state index < -0.39 is 16.0 Å². The lowest BCUT2D eigenvalue weighted by Gasteiger charge is -2.26. The topological polar surface area (TPSA) is 83.9 Å². The van der Waals surface area contributed by atoms with E-state index in [9.17, 15) is 18.3 Å². The minimum absolute atomic E-state index is 0.0888. The van der Waals surface area contributed by atoms with Crippen molar-refractivity contribution in [2.75, 3.05) is 10.8 Å². The number of carboxylic acid groups (broad SMARTS) is 1. The summed E-state index contributed by atoms with van der Waals surface area (Å²) in [7, 11) is -3.52. The van der Waals surface area contributed by atoms with E-state index in [-0.39, 0.29) is 18.2 Å². The molecule has 0 aliphatic heterocycles. The van der Waals surface area contributed by atoms with Crippen LogP contribution in [-0.4, -0.2) is 31.3 Å². The second-order valence-electron chi connectivity index (χ2n) is 9.84. The molecule has 1 saturated carbocycles. The van der Waals surface area contributed by atoms with E-state index in [1.54, 1.807) is 6.07 Å². The maximum Gasteiger partial charge on any atom is 0.307 e. The largest absolute Gasteiger partial charge is 0.481 e. The Morgan fingerprint density at radius 2 is 1.51 bits per heavy atom. The monoisotopic (exact) mass is 541 g/mol. The van der Waals surface area contributed by atoms with Crippen LogP contribution in [0.25, 0.3) is 11.1 Å². The second kappa shape index (κ2) is 11.3. The molecule has 0 radical (unpaired) electrons. The average Bonchev–Trinajstić information content (AvgIpc) is 3.77. The van der Waals surface area contributed by atoms with Crippen LogP contribution in [0.2, 0.25) is 0 Å². The number of rotatable bonds is 11. The van der Waals surface area contributed by atoms with Crippen LogP contribution in [0, 0.1) is 6.92 Å². The third kappa shape index (κ3) is 6.32. The number of carboxylic acids is 1. The first-order chi connectivity index (χ1) is 18.8. The summed E-state index contributed by atoms with van der Waals surface area (Å²) in [6.07, 6.45) is 1.68. The third-order valence-electron chi connectivity index (χ3n) is 6.94. The summed E-state index contributed by atoms with van der Waals surface area (Å²) in [6.45, 7) is 2.23. The number of hydrogen-bond donors (Lipinski definition) is 1. The minimum Gasteiger partial charge on any atom is -0.481 e. The van der Waals surface area contributed by atoms with Crippen molar-refractivity contribution in [3.05, 3.63) is 114 Å². The number of carbonyl (C=O) groups is 1. The molecule has 0 heterocycles. The maximum atomic E-state index is 13.4. The van der Waals surface area contributed by atoms with Gasteiger partial charge in [0.05, 0.1) is 17.4 Å². The van der Waals surface area contributed by atoms with Gasteiger partial charge >= 0.3 is 5.97 Å². The smallest absolute Gasteiger partial charge is 0.307 e. The molecule has 1 N–H and O–H groups in total. The number of para-hydroxylation sites is 1. The molecule has 1 fully saturated rings. The van der Waals surface area contributed by atoms with Crippen molar-refractivity contribution in [1.29, 1.82) is 0 Å². The van der Waals surface area contributed by atoms with Crippen molar-refractivity contribution in [3.63, 3.8) is 0 Å². The van der Waals surface area contributed by atoms with Gasteiger partial charge in [-0.15, -0.1) is 0 Å². The Hall–Kier alpha value is -4.10. The molecule has 5 rings (SSSR count). The van der Waals surface area contributed by atoms with E-state index in [4.69, 9.17) is 4.74 Å². The van der Waals surface area contributed by atoms with Crippen molar-refractivity contribution in [2.45, 2.75) is 37.9 Å². The number of aliphatic carboxylic acids is 1. The summed E-state index contributed by atoms with van der Waals surface area (Å²) in [5, 5.41) is 8.92. The molecule has 0 unspecified atom stereocenters. The molecule has 200 valence electrons. The molecule has 39 heavy (non-hydrogen) atoms. The van der Waals surface area contributed by atoms with E-state index in [2.05, 4.69) is 0 Å². The summed E-state index contributed by atoms with van der Waals surface area (Å²) in [5.41, 5.74) is 5.18. The molecule has 7 heteroatoms. The lowest BCUT2D eigenvalue weighted by Crippen LogP contribution is -2.35. The van der Waals surface area contributed by atoms with Crippen molar-refractivity contribution in [1.82, 2.24) is 0 Å². The zero-order chi connectivity index (χ0) is 27.4. The highest BCUT2D eigenvalue weighted by Crippen LogP contribution is 2.36. The van der Waals surface area contributed by atoms with Crippen molar-refractivity contribution >= 4 is 21.7 Å². The van der Waals surface area contributed by atoms with Crippen LogP contribution < -0.4 is 9.04 Å². The SMILES string of the molecule is Cc1cc(N(CCc2ccccc2CC(=O)O)S(=O)(=O)C2CC2)ccc1-c1ccc(Oc2ccccc2)cc1. The summed E-state index contributed by atoms with van der Waals surface area (Å²) >= 11 is 0. The van der Waals surface area contributed by atoms with Gasteiger partial charge in [0.25, 0.3) is 0 Å². The van der Waals surface area contributed by atoms with Gasteiger partial charge in [0.15, 0.2) is 0 Å². The Labute approximate surface area is 229 Å². The van der Waals surface area contributed by atoms with Crippen LogP contribution in [0.5, 0.6) is 11.5 Å². The first-order valence-corrected chi connectivity index (χ1v) is 14.6. The molecule has 0 aromatic heterocycles. The molecule has 4 aromatic rings. The first-order valence-electron chi connectivity index (χ1n) is 13.1. The minimum atomic E-state index is -3.52. The van der Waals surface area contributed by atoms with Gasteiger partial charge in [-0.2, -0.15) is 0 Å². The number of nitrogens with zero attached hydrogens (tertiary/aromatic N) is 1. The van der Waals surface area contributed by atoms with Gasteiger partial charge in [-0.3, -0.25) is 9.10 Å². The molecule has 0 atom stereocenters. The number of sulfonamides is 1. The van der Waals surface area contributed by atoms with E-state index in [1.165, 1.54) is 4.31 Å². The molecular weight excluding hydrogens is 510 g/mol. The van der Waals surface area contributed by atoms with Gasteiger partial charge in [-0.25, -0.2) is 8.42 Å². The fourth-order valence-corrected chi connectivity index (χ4v) is 6.61. The molecule has 0 amide bonds. The molecule has 1 aliphatic rings. The van der Waals surface area contributed by atoms with Crippen LogP contribution in [0.1, 0.15) is 29.5 Å². The molecule has 0 saturated heterocycles. The molecule has 4 aromatic carbocycles. The highest BCUT2D eigenvalue weighted by Gasteiger charge is 2.40.